The summed E-state index contributed by atoms with van der Waals surface area (Å²) >= 11 is 0. The molecule has 0 spiro atoms. The second-order valence-corrected chi connectivity index (χ2v) is 7.90. The fraction of sp³-hybridized carbons (Fsp3) is 0.185. The van der Waals surface area contributed by atoms with Gasteiger partial charge in [0.15, 0.2) is 0 Å². The molecule has 4 aromatic rings. The highest BCUT2D eigenvalue weighted by Crippen LogP contribution is 2.20. The lowest BCUT2D eigenvalue weighted by atomic mass is 10.1. The lowest BCUT2D eigenvalue weighted by Gasteiger charge is -2.23. The molecule has 0 bridgehead atoms. The molecular weight excluding hydrogens is 433 g/mol. The van der Waals surface area contributed by atoms with Gasteiger partial charge in [0.2, 0.25) is 0 Å². The highest BCUT2D eigenvalue weighted by Gasteiger charge is 2.17. The number of hydrogen-bond acceptors (Lipinski definition) is 3. The predicted octanol–water partition coefficient (Wildman–Crippen LogP) is 5.34. The van der Waals surface area contributed by atoms with Gasteiger partial charge in [-0.15, -0.1) is 0 Å². The van der Waals surface area contributed by atoms with Crippen molar-refractivity contribution in [3.63, 3.8) is 0 Å². The van der Waals surface area contributed by atoms with Crippen molar-refractivity contribution in [3.05, 3.63) is 106 Å². The van der Waals surface area contributed by atoms with E-state index >= 15 is 0 Å². The van der Waals surface area contributed by atoms with Crippen molar-refractivity contribution in [1.82, 2.24) is 9.88 Å². The van der Waals surface area contributed by atoms with Gasteiger partial charge in [0.25, 0.3) is 5.56 Å². The number of H-pyrrole nitrogens is 1. The smallest absolute Gasteiger partial charge is 0.322 e. The summed E-state index contributed by atoms with van der Waals surface area (Å²) < 4.78 is 18.8. The number of rotatable bonds is 8. The van der Waals surface area contributed by atoms with Crippen molar-refractivity contribution in [2.24, 2.45) is 0 Å². The molecular formula is C27H26FN3O3. The standard InChI is InChI=1S/C27H26FN3O3/c1-2-34-24-12-13-25-20(17-24)16-21(26(32)30-25)18-31(15-14-19-6-4-3-5-7-19)27(33)29-23-10-8-22(28)9-11-23/h3-13,16-17H,2,14-15,18H2,1H3,(H,29,33)(H,30,32). The van der Waals surface area contributed by atoms with Crippen LogP contribution in [0.25, 0.3) is 10.9 Å². The van der Waals surface area contributed by atoms with E-state index in [1.165, 1.54) is 24.3 Å². The Balaban J connectivity index is 1.60. The van der Waals surface area contributed by atoms with Crippen LogP contribution in [0.1, 0.15) is 18.1 Å². The molecule has 2 N–H and O–H groups in total. The number of nitrogens with one attached hydrogen (secondary N) is 2. The van der Waals surface area contributed by atoms with E-state index in [1.54, 1.807) is 17.0 Å². The topological polar surface area (TPSA) is 74.4 Å². The summed E-state index contributed by atoms with van der Waals surface area (Å²) in [5.41, 5.74) is 2.46. The first kappa shape index (κ1) is 23.0. The zero-order chi connectivity index (χ0) is 23.9. The first-order valence-corrected chi connectivity index (χ1v) is 11.2. The molecule has 0 aliphatic carbocycles. The Bertz CT molecular complexity index is 1320. The highest BCUT2D eigenvalue weighted by molar-refractivity contribution is 5.89. The van der Waals surface area contributed by atoms with Crippen molar-refractivity contribution < 1.29 is 13.9 Å². The van der Waals surface area contributed by atoms with Crippen LogP contribution in [0.4, 0.5) is 14.9 Å². The maximum absolute atomic E-state index is 13.3. The third-order valence-electron chi connectivity index (χ3n) is 5.46. The van der Waals surface area contributed by atoms with Crippen molar-refractivity contribution >= 4 is 22.6 Å². The Morgan fingerprint density at radius 2 is 1.79 bits per heavy atom. The third-order valence-corrected chi connectivity index (χ3v) is 5.46. The van der Waals surface area contributed by atoms with E-state index in [4.69, 9.17) is 4.74 Å². The highest BCUT2D eigenvalue weighted by atomic mass is 19.1. The van der Waals surface area contributed by atoms with Gasteiger partial charge < -0.3 is 19.9 Å². The fourth-order valence-corrected chi connectivity index (χ4v) is 3.71. The largest absolute Gasteiger partial charge is 0.494 e. The minimum atomic E-state index is -0.381. The van der Waals surface area contributed by atoms with E-state index in [9.17, 15) is 14.0 Å². The maximum Gasteiger partial charge on any atom is 0.322 e. The van der Waals surface area contributed by atoms with E-state index in [1.807, 2.05) is 49.4 Å². The van der Waals surface area contributed by atoms with Gasteiger partial charge in [-0.1, -0.05) is 30.3 Å². The SMILES string of the molecule is CCOc1ccc2[nH]c(=O)c(CN(CCc3ccccc3)C(=O)Nc3ccc(F)cc3)cc2c1. The molecule has 6 nitrogen and oxygen atoms in total. The number of pyridine rings is 1. The molecule has 0 aliphatic heterocycles. The molecule has 0 aliphatic rings. The van der Waals surface area contributed by atoms with Crippen LogP contribution in [0.5, 0.6) is 5.75 Å². The van der Waals surface area contributed by atoms with Crippen molar-refractivity contribution in [1.29, 1.82) is 0 Å². The van der Waals surface area contributed by atoms with Crippen LogP contribution in [0.3, 0.4) is 0 Å². The third kappa shape index (κ3) is 5.81. The number of carbonyl (C=O) groups is 1. The fourth-order valence-electron chi connectivity index (χ4n) is 3.71. The molecule has 0 unspecified atom stereocenters. The molecule has 174 valence electrons. The first-order chi connectivity index (χ1) is 16.5. The second kappa shape index (κ2) is 10.7. The normalized spacial score (nSPS) is 10.8. The lowest BCUT2D eigenvalue weighted by Crippen LogP contribution is -2.37. The number of aromatic nitrogens is 1. The zero-order valence-corrected chi connectivity index (χ0v) is 18.9. The Kier molecular flexibility index (Phi) is 7.22. The maximum atomic E-state index is 13.3. The Labute approximate surface area is 197 Å². The molecule has 2 amide bonds. The van der Waals surface area contributed by atoms with Gasteiger partial charge >= 0.3 is 6.03 Å². The van der Waals surface area contributed by atoms with Gasteiger partial charge in [0, 0.05) is 28.7 Å². The minimum absolute atomic E-state index is 0.115. The summed E-state index contributed by atoms with van der Waals surface area (Å²) in [6.07, 6.45) is 0.623. The van der Waals surface area contributed by atoms with Crippen LogP contribution in [-0.2, 0) is 13.0 Å². The van der Waals surface area contributed by atoms with Crippen LogP contribution < -0.4 is 15.6 Å². The monoisotopic (exact) mass is 459 g/mol. The summed E-state index contributed by atoms with van der Waals surface area (Å²) in [6.45, 7) is 2.96. The van der Waals surface area contributed by atoms with Gasteiger partial charge in [-0.05, 0) is 67.4 Å². The van der Waals surface area contributed by atoms with Crippen LogP contribution in [0.2, 0.25) is 0 Å². The summed E-state index contributed by atoms with van der Waals surface area (Å²) in [4.78, 5) is 30.4. The van der Waals surface area contributed by atoms with Crippen LogP contribution >= 0.6 is 0 Å². The number of nitrogens with zero attached hydrogens (tertiary/aromatic N) is 1. The van der Waals surface area contributed by atoms with E-state index < -0.39 is 0 Å². The number of amides is 2. The molecule has 0 saturated heterocycles. The number of ether oxygens (including phenoxy) is 1. The molecule has 0 atom stereocenters. The number of hydrogen-bond donors (Lipinski definition) is 2. The van der Waals surface area contributed by atoms with Gasteiger partial charge in [-0.25, -0.2) is 9.18 Å². The number of carbonyl (C=O) groups excluding carboxylic acids is 1. The molecule has 0 fully saturated rings. The van der Waals surface area contributed by atoms with E-state index in [0.29, 0.717) is 42.1 Å². The Hall–Kier alpha value is -4.13. The molecule has 4 rings (SSSR count). The predicted molar refractivity (Wildman–Crippen MR) is 132 cm³/mol. The molecule has 3 aromatic carbocycles. The zero-order valence-electron chi connectivity index (χ0n) is 18.9. The van der Waals surface area contributed by atoms with Crippen LogP contribution in [-0.4, -0.2) is 29.1 Å². The molecule has 1 aromatic heterocycles. The van der Waals surface area contributed by atoms with Crippen LogP contribution in [0, 0.1) is 5.82 Å². The van der Waals surface area contributed by atoms with Crippen molar-refractivity contribution in [3.8, 4) is 5.75 Å². The quantitative estimate of drug-likeness (QED) is 0.373. The molecule has 0 saturated carbocycles. The first-order valence-electron chi connectivity index (χ1n) is 11.2. The van der Waals surface area contributed by atoms with Gasteiger partial charge in [-0.2, -0.15) is 0 Å². The Morgan fingerprint density at radius 3 is 2.53 bits per heavy atom. The van der Waals surface area contributed by atoms with Crippen molar-refractivity contribution in [2.75, 3.05) is 18.5 Å². The summed E-state index contributed by atoms with van der Waals surface area (Å²) in [7, 11) is 0. The summed E-state index contributed by atoms with van der Waals surface area (Å²) in [5.74, 6) is 0.330. The second-order valence-electron chi connectivity index (χ2n) is 7.90. The van der Waals surface area contributed by atoms with Crippen molar-refractivity contribution in [2.45, 2.75) is 19.9 Å². The van der Waals surface area contributed by atoms with E-state index in [-0.39, 0.29) is 24.0 Å². The van der Waals surface area contributed by atoms with Gasteiger partial charge in [0.05, 0.1) is 13.2 Å². The average Bonchev–Trinajstić information content (AvgIpc) is 2.84. The number of benzene rings is 3. The average molecular weight is 460 g/mol. The lowest BCUT2D eigenvalue weighted by molar-refractivity contribution is 0.209. The molecule has 7 heteroatoms. The molecule has 34 heavy (non-hydrogen) atoms. The number of fused-ring (bicyclic) bond motifs is 1. The summed E-state index contributed by atoms with van der Waals surface area (Å²) in [6, 6.07) is 22.3. The molecule has 1 heterocycles. The Morgan fingerprint density at radius 1 is 1.03 bits per heavy atom. The minimum Gasteiger partial charge on any atom is -0.494 e. The van der Waals surface area contributed by atoms with E-state index in [0.717, 1.165) is 10.9 Å². The number of urea groups is 1. The number of anilines is 1. The summed E-state index contributed by atoms with van der Waals surface area (Å²) in [5, 5.41) is 3.62. The van der Waals surface area contributed by atoms with Gasteiger partial charge in [-0.3, -0.25) is 4.79 Å². The van der Waals surface area contributed by atoms with Crippen LogP contribution in [0.15, 0.2) is 83.7 Å². The van der Waals surface area contributed by atoms with E-state index in [2.05, 4.69) is 10.3 Å². The van der Waals surface area contributed by atoms with Gasteiger partial charge in [0.1, 0.15) is 11.6 Å². The number of halogens is 1. The number of aromatic amines is 1. The molecule has 0 radical (unpaired) electrons.